The fraction of sp³-hybridized carbons (Fsp3) is 0.179. The maximum Gasteiger partial charge on any atom is 0.263 e. The van der Waals surface area contributed by atoms with Gasteiger partial charge in [0.05, 0.1) is 5.39 Å². The number of benzene rings is 2. The van der Waals surface area contributed by atoms with Crippen LogP contribution in [0.15, 0.2) is 70.1 Å². The molecule has 4 heterocycles. The molecule has 5 aromatic rings. The van der Waals surface area contributed by atoms with Crippen molar-refractivity contribution in [3.8, 4) is 34.3 Å². The highest BCUT2D eigenvalue weighted by molar-refractivity contribution is 5.92. The zero-order valence-corrected chi connectivity index (χ0v) is 20.7. The fourth-order valence-corrected chi connectivity index (χ4v) is 4.34. The first-order chi connectivity index (χ1) is 18.4. The monoisotopic (exact) mass is 509 g/mol. The van der Waals surface area contributed by atoms with Crippen LogP contribution >= 0.6 is 0 Å². The Morgan fingerprint density at radius 2 is 1.84 bits per heavy atom. The van der Waals surface area contributed by atoms with Crippen molar-refractivity contribution in [1.29, 1.82) is 0 Å². The van der Waals surface area contributed by atoms with E-state index in [2.05, 4.69) is 20.4 Å². The summed E-state index contributed by atoms with van der Waals surface area (Å²) in [6.07, 6.45) is 1.54. The summed E-state index contributed by atoms with van der Waals surface area (Å²) in [7, 11) is 0. The van der Waals surface area contributed by atoms with E-state index in [9.17, 15) is 9.59 Å². The van der Waals surface area contributed by atoms with E-state index in [1.165, 1.54) is 6.20 Å². The van der Waals surface area contributed by atoms with Gasteiger partial charge in [-0.3, -0.25) is 9.59 Å². The van der Waals surface area contributed by atoms with Gasteiger partial charge in [-0.15, -0.1) is 0 Å². The van der Waals surface area contributed by atoms with E-state index in [1.807, 2.05) is 38.1 Å². The van der Waals surface area contributed by atoms with Crippen molar-refractivity contribution in [2.24, 2.45) is 0 Å². The van der Waals surface area contributed by atoms with E-state index < -0.39 is 0 Å². The Bertz CT molecular complexity index is 1760. The van der Waals surface area contributed by atoms with E-state index in [1.54, 1.807) is 34.9 Å². The minimum Gasteiger partial charge on any atom is -0.486 e. The first-order valence-corrected chi connectivity index (χ1v) is 12.1. The Labute approximate surface area is 216 Å². The number of hydrogen-bond donors (Lipinski definition) is 1. The summed E-state index contributed by atoms with van der Waals surface area (Å²) in [5, 5.41) is 7.28. The number of nitrogens with zero attached hydrogens (tertiary/aromatic N) is 4. The summed E-state index contributed by atoms with van der Waals surface area (Å²) >= 11 is 0. The van der Waals surface area contributed by atoms with Crippen molar-refractivity contribution in [3.05, 3.63) is 82.3 Å². The molecule has 0 bridgehead atoms. The minimum atomic E-state index is -0.313. The normalized spacial score (nSPS) is 12.5. The zero-order valence-electron chi connectivity index (χ0n) is 20.7. The van der Waals surface area contributed by atoms with Crippen molar-refractivity contribution < 1.29 is 18.8 Å². The number of ether oxygens (including phenoxy) is 2. The zero-order chi connectivity index (χ0) is 26.2. The van der Waals surface area contributed by atoms with Crippen molar-refractivity contribution in [3.63, 3.8) is 0 Å². The molecule has 0 unspecified atom stereocenters. The van der Waals surface area contributed by atoms with Crippen LogP contribution in [-0.2, 0) is 11.3 Å². The lowest BCUT2D eigenvalue weighted by Gasteiger charge is -2.19. The molecule has 0 spiro atoms. The molecule has 2 aromatic carbocycles. The number of aryl methyl sites for hydroxylation is 2. The van der Waals surface area contributed by atoms with E-state index in [-0.39, 0.29) is 29.3 Å². The molecule has 1 aliphatic heterocycles. The van der Waals surface area contributed by atoms with Crippen molar-refractivity contribution in [1.82, 2.24) is 19.7 Å². The second-order valence-corrected chi connectivity index (χ2v) is 9.02. The number of amides is 1. The molecule has 1 aliphatic rings. The molecular formula is C28H23N5O5. The Morgan fingerprint density at radius 1 is 1.00 bits per heavy atom. The van der Waals surface area contributed by atoms with E-state index in [0.29, 0.717) is 53.0 Å². The molecule has 10 heteroatoms. The molecule has 0 atom stereocenters. The summed E-state index contributed by atoms with van der Waals surface area (Å²) in [6.45, 7) is 4.62. The van der Waals surface area contributed by atoms with Gasteiger partial charge >= 0.3 is 0 Å². The Morgan fingerprint density at radius 3 is 2.68 bits per heavy atom. The molecule has 10 nitrogen and oxygen atoms in total. The topological polar surface area (TPSA) is 121 Å². The smallest absolute Gasteiger partial charge is 0.263 e. The van der Waals surface area contributed by atoms with Crippen LogP contribution in [0.5, 0.6) is 11.5 Å². The van der Waals surface area contributed by atoms with E-state index in [0.717, 1.165) is 11.1 Å². The van der Waals surface area contributed by atoms with Crippen LogP contribution in [0.3, 0.4) is 0 Å². The predicted octanol–water partition coefficient (Wildman–Crippen LogP) is 4.14. The summed E-state index contributed by atoms with van der Waals surface area (Å²) in [4.78, 5) is 35.5. The van der Waals surface area contributed by atoms with Gasteiger partial charge in [-0.2, -0.15) is 4.98 Å². The summed E-state index contributed by atoms with van der Waals surface area (Å²) in [5.41, 5.74) is 3.36. The number of nitrogens with one attached hydrogen (secondary N) is 1. The molecule has 0 saturated carbocycles. The molecule has 3 aromatic heterocycles. The molecule has 38 heavy (non-hydrogen) atoms. The van der Waals surface area contributed by atoms with Crippen molar-refractivity contribution >= 4 is 22.6 Å². The van der Waals surface area contributed by atoms with Gasteiger partial charge < -0.3 is 23.9 Å². The number of rotatable bonds is 5. The van der Waals surface area contributed by atoms with Gasteiger partial charge in [-0.1, -0.05) is 28.9 Å². The SMILES string of the molecule is Cc1cccc(-c2noc(-c3cn(CC(=O)Nc4ccc5c(c4)OCCO5)c4nc(C)ccc4c3=O)n2)c1. The van der Waals surface area contributed by atoms with E-state index in [4.69, 9.17) is 14.0 Å². The van der Waals surface area contributed by atoms with Crippen LogP contribution < -0.4 is 20.2 Å². The highest BCUT2D eigenvalue weighted by atomic mass is 16.6. The standard InChI is InChI=1S/C28H23N5O5/c1-16-4-3-5-18(12-16)26-31-28(38-32-26)21-14-33(27-20(25(21)35)8-6-17(2)29-27)15-24(34)30-19-7-9-22-23(13-19)37-11-10-36-22/h3-9,12-14H,10-11,15H2,1-2H3,(H,30,34). The summed E-state index contributed by atoms with van der Waals surface area (Å²) in [6, 6.07) is 16.3. The lowest BCUT2D eigenvalue weighted by molar-refractivity contribution is -0.116. The molecule has 0 aliphatic carbocycles. The van der Waals surface area contributed by atoms with Crippen LogP contribution in [0.25, 0.3) is 33.9 Å². The van der Waals surface area contributed by atoms with Gasteiger partial charge in [0.2, 0.25) is 17.2 Å². The number of aromatic nitrogens is 4. The molecule has 0 fully saturated rings. The maximum atomic E-state index is 13.4. The fourth-order valence-electron chi connectivity index (χ4n) is 4.34. The summed E-state index contributed by atoms with van der Waals surface area (Å²) in [5.74, 6) is 1.33. The van der Waals surface area contributed by atoms with Gasteiger partial charge in [0.1, 0.15) is 31.0 Å². The quantitative estimate of drug-likeness (QED) is 0.375. The molecular weight excluding hydrogens is 486 g/mol. The first kappa shape index (κ1) is 23.4. The Kier molecular flexibility index (Phi) is 5.83. The Balaban J connectivity index is 1.35. The van der Waals surface area contributed by atoms with Crippen LogP contribution in [-0.4, -0.2) is 38.8 Å². The van der Waals surface area contributed by atoms with Crippen molar-refractivity contribution in [2.45, 2.75) is 20.4 Å². The molecule has 1 N–H and O–H groups in total. The second kappa shape index (κ2) is 9.47. The van der Waals surface area contributed by atoms with Crippen LogP contribution in [0, 0.1) is 13.8 Å². The van der Waals surface area contributed by atoms with E-state index >= 15 is 0 Å². The van der Waals surface area contributed by atoms with Gasteiger partial charge in [-0.05, 0) is 44.2 Å². The molecule has 0 radical (unpaired) electrons. The van der Waals surface area contributed by atoms with Gasteiger partial charge in [0.25, 0.3) is 5.89 Å². The number of pyridine rings is 2. The largest absolute Gasteiger partial charge is 0.486 e. The lowest BCUT2D eigenvalue weighted by Crippen LogP contribution is -2.22. The average Bonchev–Trinajstić information content (AvgIpc) is 3.40. The molecule has 190 valence electrons. The van der Waals surface area contributed by atoms with Gasteiger partial charge in [0.15, 0.2) is 11.5 Å². The molecule has 0 saturated heterocycles. The minimum absolute atomic E-state index is 0.0648. The summed E-state index contributed by atoms with van der Waals surface area (Å²) < 4.78 is 18.2. The molecule has 6 rings (SSSR count). The average molecular weight is 510 g/mol. The van der Waals surface area contributed by atoms with Gasteiger partial charge in [0, 0.05) is 29.2 Å². The number of hydrogen-bond acceptors (Lipinski definition) is 8. The third kappa shape index (κ3) is 4.47. The van der Waals surface area contributed by atoms with Gasteiger partial charge in [-0.25, -0.2) is 4.98 Å². The first-order valence-electron chi connectivity index (χ1n) is 12.1. The van der Waals surface area contributed by atoms with Crippen molar-refractivity contribution in [2.75, 3.05) is 18.5 Å². The third-order valence-corrected chi connectivity index (χ3v) is 6.13. The third-order valence-electron chi connectivity index (χ3n) is 6.13. The highest BCUT2D eigenvalue weighted by Crippen LogP contribution is 2.32. The number of anilines is 1. The predicted molar refractivity (Wildman–Crippen MR) is 140 cm³/mol. The maximum absolute atomic E-state index is 13.4. The van der Waals surface area contributed by atoms with Crippen LogP contribution in [0.2, 0.25) is 0 Å². The van der Waals surface area contributed by atoms with Crippen LogP contribution in [0.4, 0.5) is 5.69 Å². The second-order valence-electron chi connectivity index (χ2n) is 9.02. The number of fused-ring (bicyclic) bond motifs is 2. The van der Waals surface area contributed by atoms with Crippen LogP contribution in [0.1, 0.15) is 11.3 Å². The Hall–Kier alpha value is -4.99. The highest BCUT2D eigenvalue weighted by Gasteiger charge is 2.20. The number of carbonyl (C=O) groups excluding carboxylic acids is 1. The number of carbonyl (C=O) groups is 1. The molecule has 1 amide bonds. The lowest BCUT2D eigenvalue weighted by atomic mass is 10.1.